The zero-order chi connectivity index (χ0) is 23.0. The van der Waals surface area contributed by atoms with E-state index in [0.717, 1.165) is 12.1 Å². The highest BCUT2D eigenvalue weighted by Crippen LogP contribution is 2.34. The number of pyridine rings is 1. The normalized spacial score (nSPS) is 11.8. The Balaban J connectivity index is 0.000000491. The van der Waals surface area contributed by atoms with E-state index in [-0.39, 0.29) is 15.9 Å². The maximum Gasteiger partial charge on any atom is 0.394 e. The lowest BCUT2D eigenvalue weighted by Crippen LogP contribution is -2.07. The fourth-order valence-corrected chi connectivity index (χ4v) is 4.52. The standard InChI is InChI=1S/C16H10N4O5S.H2O4S/c21-16-18-11-6-13(20(22)23)15(7-12(11)19-16)26(24,25)14-3-1-2-9-8-17-5-4-10(9)14;1-5(2,3)4/h1-8H,(H2-,18,19,21,22,23);(H2,1,2,3,4)/p+1. The number of sulfone groups is 1. The molecule has 4 aromatic rings. The van der Waals surface area contributed by atoms with Gasteiger partial charge in [0, 0.05) is 29.2 Å². The highest BCUT2D eigenvalue weighted by molar-refractivity contribution is 7.92. The van der Waals surface area contributed by atoms with Gasteiger partial charge in [-0.1, -0.05) is 12.1 Å². The van der Waals surface area contributed by atoms with Crippen molar-refractivity contribution in [2.24, 2.45) is 0 Å². The number of H-pyrrole nitrogens is 2. The SMILES string of the molecule is O=S(=O)(O)O.O=c1[nH]c2cc([N+](=O)O)c(S(=O)(=O)c3cccc4cnccc34)cc2[nH]1. The molecule has 2 heterocycles. The van der Waals surface area contributed by atoms with Crippen LogP contribution in [0.25, 0.3) is 21.8 Å². The van der Waals surface area contributed by atoms with Gasteiger partial charge in [-0.05, 0) is 18.2 Å². The van der Waals surface area contributed by atoms with E-state index in [1.165, 1.54) is 18.5 Å². The Labute approximate surface area is 173 Å². The summed E-state index contributed by atoms with van der Waals surface area (Å²) in [6.45, 7) is 0. The highest BCUT2D eigenvalue weighted by Gasteiger charge is 2.32. The summed E-state index contributed by atoms with van der Waals surface area (Å²) in [5.74, 6) is 0. The smallest absolute Gasteiger partial charge is 0.306 e. The molecule has 2 aromatic heterocycles. The lowest BCUT2D eigenvalue weighted by atomic mass is 10.2. The molecule has 15 heteroatoms. The van der Waals surface area contributed by atoms with Crippen LogP contribution in [0.1, 0.15) is 0 Å². The molecular formula is C16H13N4O9S2+. The number of rotatable bonds is 3. The first-order valence-electron chi connectivity index (χ1n) is 8.08. The fourth-order valence-electron chi connectivity index (χ4n) is 2.86. The van der Waals surface area contributed by atoms with Crippen molar-refractivity contribution in [3.63, 3.8) is 0 Å². The van der Waals surface area contributed by atoms with Gasteiger partial charge in [-0.3, -0.25) is 14.1 Å². The largest absolute Gasteiger partial charge is 0.394 e. The molecule has 0 saturated carbocycles. The zero-order valence-electron chi connectivity index (χ0n) is 15.1. The Morgan fingerprint density at radius 2 is 1.55 bits per heavy atom. The predicted octanol–water partition coefficient (Wildman–Crippen LogP) is 1.38. The first-order chi connectivity index (χ1) is 14.4. The first-order valence-corrected chi connectivity index (χ1v) is 11.0. The topological polar surface area (TPSA) is 211 Å². The Hall–Kier alpha value is -3.66. The lowest BCUT2D eigenvalue weighted by molar-refractivity contribution is -0.731. The molecule has 0 radical (unpaired) electrons. The number of hydrogen-bond acceptors (Lipinski definition) is 7. The van der Waals surface area contributed by atoms with Gasteiger partial charge in [0.05, 0.1) is 20.8 Å². The number of fused-ring (bicyclic) bond motifs is 2. The van der Waals surface area contributed by atoms with Crippen LogP contribution in [0.4, 0.5) is 5.69 Å². The van der Waals surface area contributed by atoms with Crippen LogP contribution in [-0.4, -0.2) is 51.0 Å². The Morgan fingerprint density at radius 1 is 0.935 bits per heavy atom. The summed E-state index contributed by atoms with van der Waals surface area (Å²) >= 11 is 0. The molecule has 0 atom stereocenters. The van der Waals surface area contributed by atoms with E-state index in [1.54, 1.807) is 18.2 Å². The van der Waals surface area contributed by atoms with Crippen molar-refractivity contribution < 1.29 is 36.1 Å². The number of aromatic nitrogens is 3. The van der Waals surface area contributed by atoms with Gasteiger partial charge in [0.2, 0.25) is 9.84 Å². The first kappa shape index (κ1) is 22.0. The molecular weight excluding hydrogens is 456 g/mol. The van der Waals surface area contributed by atoms with Gasteiger partial charge in [0.25, 0.3) is 4.92 Å². The van der Waals surface area contributed by atoms with E-state index in [0.29, 0.717) is 10.8 Å². The second kappa shape index (κ2) is 7.88. The van der Waals surface area contributed by atoms with E-state index < -0.39 is 41.4 Å². The van der Waals surface area contributed by atoms with Crippen LogP contribution in [-0.2, 0) is 20.2 Å². The van der Waals surface area contributed by atoms with E-state index in [4.69, 9.17) is 17.5 Å². The molecule has 4 rings (SSSR count). The maximum absolute atomic E-state index is 13.2. The molecule has 0 fully saturated rings. The number of nitrogens with zero attached hydrogens (tertiary/aromatic N) is 2. The minimum absolute atomic E-state index is 0.0438. The van der Waals surface area contributed by atoms with Crippen molar-refractivity contribution in [3.05, 3.63) is 64.2 Å². The van der Waals surface area contributed by atoms with Gasteiger partial charge >= 0.3 is 21.8 Å². The third-order valence-corrected chi connectivity index (χ3v) is 5.86. The molecule has 0 aliphatic heterocycles. The van der Waals surface area contributed by atoms with Crippen LogP contribution >= 0.6 is 0 Å². The summed E-state index contributed by atoms with van der Waals surface area (Å²) in [5, 5.41) is 10.4. The number of imidazole rings is 1. The second-order valence-electron chi connectivity index (χ2n) is 6.02. The lowest BCUT2D eigenvalue weighted by Gasteiger charge is -2.08. The number of benzene rings is 2. The summed E-state index contributed by atoms with van der Waals surface area (Å²) < 4.78 is 58.0. The molecule has 0 spiro atoms. The van der Waals surface area contributed by atoms with Gasteiger partial charge in [-0.25, -0.2) is 18.4 Å². The highest BCUT2D eigenvalue weighted by atomic mass is 32.3. The quantitative estimate of drug-likeness (QED) is 0.215. The maximum atomic E-state index is 13.2. The minimum Gasteiger partial charge on any atom is -0.306 e. The number of aromatic amines is 2. The van der Waals surface area contributed by atoms with Gasteiger partial charge in [-0.15, -0.1) is 0 Å². The van der Waals surface area contributed by atoms with Crippen LogP contribution in [0, 0.1) is 4.91 Å². The van der Waals surface area contributed by atoms with E-state index in [2.05, 4.69) is 15.0 Å². The number of nitrogens with one attached hydrogen (secondary N) is 2. The molecule has 0 aliphatic carbocycles. The van der Waals surface area contributed by atoms with E-state index in [9.17, 15) is 23.3 Å². The summed E-state index contributed by atoms with van der Waals surface area (Å²) in [5.41, 5.74) is -0.673. The zero-order valence-corrected chi connectivity index (χ0v) is 16.8. The molecule has 0 bridgehead atoms. The Morgan fingerprint density at radius 3 is 2.16 bits per heavy atom. The Kier molecular flexibility index (Phi) is 5.60. The van der Waals surface area contributed by atoms with E-state index >= 15 is 0 Å². The van der Waals surface area contributed by atoms with Crippen LogP contribution in [0.3, 0.4) is 0 Å². The van der Waals surface area contributed by atoms with Gasteiger partial charge < -0.3 is 9.97 Å². The van der Waals surface area contributed by atoms with Crippen molar-refractivity contribution in [1.29, 1.82) is 0 Å². The van der Waals surface area contributed by atoms with Crippen LogP contribution in [0.2, 0.25) is 0 Å². The second-order valence-corrected chi connectivity index (χ2v) is 8.80. The van der Waals surface area contributed by atoms with Crippen LogP contribution < -0.4 is 5.69 Å². The number of hydrogen-bond donors (Lipinski definition) is 5. The monoisotopic (exact) mass is 469 g/mol. The molecule has 2 aromatic carbocycles. The van der Waals surface area contributed by atoms with Crippen LogP contribution in [0.5, 0.6) is 0 Å². The van der Waals surface area contributed by atoms with Crippen molar-refractivity contribution in [3.8, 4) is 0 Å². The average molecular weight is 469 g/mol. The third kappa shape index (κ3) is 4.75. The van der Waals surface area contributed by atoms with E-state index in [1.807, 2.05) is 0 Å². The molecule has 31 heavy (non-hydrogen) atoms. The predicted molar refractivity (Wildman–Crippen MR) is 105 cm³/mol. The van der Waals surface area contributed by atoms with Crippen molar-refractivity contribution in [2.45, 2.75) is 9.79 Å². The van der Waals surface area contributed by atoms with Crippen molar-refractivity contribution >= 4 is 47.7 Å². The molecule has 0 aliphatic rings. The van der Waals surface area contributed by atoms with Crippen molar-refractivity contribution in [1.82, 2.24) is 15.0 Å². The molecule has 162 valence electrons. The summed E-state index contributed by atoms with van der Waals surface area (Å²) in [6.07, 6.45) is 2.98. The Bertz CT molecular complexity index is 1580. The average Bonchev–Trinajstić information content (AvgIpc) is 3.04. The molecule has 0 amide bonds. The van der Waals surface area contributed by atoms with Crippen LogP contribution in [0.15, 0.2) is 63.4 Å². The summed E-state index contributed by atoms with van der Waals surface area (Å²) in [7, 11) is -8.86. The third-order valence-electron chi connectivity index (χ3n) is 4.02. The fraction of sp³-hybridized carbons (Fsp3) is 0. The molecule has 5 N–H and O–H groups in total. The van der Waals surface area contributed by atoms with Gasteiger partial charge in [0.1, 0.15) is 0 Å². The van der Waals surface area contributed by atoms with Crippen molar-refractivity contribution in [2.75, 3.05) is 0 Å². The van der Waals surface area contributed by atoms with Gasteiger partial charge in [-0.2, -0.15) is 8.42 Å². The minimum atomic E-state index is -4.67. The van der Waals surface area contributed by atoms with Gasteiger partial charge in [0.15, 0.2) is 4.90 Å². The molecule has 13 nitrogen and oxygen atoms in total. The summed E-state index contributed by atoms with van der Waals surface area (Å²) in [6, 6.07) is 8.45. The molecule has 0 unspecified atom stereocenters. The summed E-state index contributed by atoms with van der Waals surface area (Å²) in [4.78, 5) is 30.8. The molecule has 0 saturated heterocycles.